The molecule has 0 aliphatic heterocycles. The number of benzene rings is 2. The summed E-state index contributed by atoms with van der Waals surface area (Å²) in [5.74, 6) is 0.464. The van der Waals surface area contributed by atoms with Crippen molar-refractivity contribution in [1.82, 2.24) is 10.5 Å². The van der Waals surface area contributed by atoms with E-state index in [4.69, 9.17) is 20.9 Å². The van der Waals surface area contributed by atoms with Gasteiger partial charge in [0.2, 0.25) is 0 Å². The largest absolute Gasteiger partial charge is 0.489 e. The monoisotopic (exact) mass is 388 g/mol. The van der Waals surface area contributed by atoms with Gasteiger partial charge in [-0.1, -0.05) is 41.0 Å². The standard InChI is InChI=1S/C21H25ClN2O3/c1-13-7-5-6-8-15(13)19-16-9-10-17(18(22)20(16)27-24-19)26-12-14(25)11-23-21(2,3)4/h5-10,14,23,25H,11-12H2,1-4H3. The van der Waals surface area contributed by atoms with Crippen LogP contribution in [0.3, 0.4) is 0 Å². The van der Waals surface area contributed by atoms with Crippen molar-refractivity contribution < 1.29 is 14.4 Å². The third-order valence-corrected chi connectivity index (χ3v) is 4.60. The lowest BCUT2D eigenvalue weighted by Gasteiger charge is -2.23. The average molecular weight is 389 g/mol. The van der Waals surface area contributed by atoms with Crippen LogP contribution in [0.25, 0.3) is 22.2 Å². The van der Waals surface area contributed by atoms with Crippen LogP contribution in [0.15, 0.2) is 40.9 Å². The second-order valence-corrected chi connectivity index (χ2v) is 8.07. The highest BCUT2D eigenvalue weighted by atomic mass is 35.5. The molecule has 144 valence electrons. The molecule has 1 unspecified atom stereocenters. The summed E-state index contributed by atoms with van der Waals surface area (Å²) in [5, 5.41) is 18.7. The predicted octanol–water partition coefficient (Wildman–Crippen LogP) is 4.58. The van der Waals surface area contributed by atoms with Gasteiger partial charge in [0.1, 0.15) is 29.2 Å². The zero-order chi connectivity index (χ0) is 19.6. The predicted molar refractivity (Wildman–Crippen MR) is 108 cm³/mol. The van der Waals surface area contributed by atoms with E-state index >= 15 is 0 Å². The van der Waals surface area contributed by atoms with E-state index in [1.807, 2.05) is 58.0 Å². The lowest BCUT2D eigenvalue weighted by atomic mass is 10.0. The molecule has 27 heavy (non-hydrogen) atoms. The number of ether oxygens (including phenoxy) is 1. The van der Waals surface area contributed by atoms with Crippen LogP contribution in [0, 0.1) is 6.92 Å². The Hall–Kier alpha value is -2.08. The van der Waals surface area contributed by atoms with Crippen LogP contribution in [0.2, 0.25) is 5.02 Å². The van der Waals surface area contributed by atoms with E-state index < -0.39 is 6.10 Å². The van der Waals surface area contributed by atoms with Crippen molar-refractivity contribution in [3.63, 3.8) is 0 Å². The highest BCUT2D eigenvalue weighted by Crippen LogP contribution is 2.38. The topological polar surface area (TPSA) is 67.5 Å². The number of β-amino-alcohol motifs (C(OH)–C–C–N with tert-alkyl or cyclic N) is 1. The fraction of sp³-hybridized carbons (Fsp3) is 0.381. The Balaban J connectivity index is 1.78. The van der Waals surface area contributed by atoms with Gasteiger partial charge in [-0.3, -0.25) is 0 Å². The second-order valence-electron chi connectivity index (χ2n) is 7.70. The first-order chi connectivity index (χ1) is 12.8. The molecule has 3 aromatic rings. The quantitative estimate of drug-likeness (QED) is 0.646. The van der Waals surface area contributed by atoms with Crippen LogP contribution in [-0.4, -0.2) is 35.1 Å². The molecule has 1 heterocycles. The van der Waals surface area contributed by atoms with Crippen molar-refractivity contribution in [2.24, 2.45) is 0 Å². The molecular formula is C21H25ClN2O3. The summed E-state index contributed by atoms with van der Waals surface area (Å²) in [5.41, 5.74) is 3.28. The molecule has 0 aliphatic rings. The highest BCUT2D eigenvalue weighted by molar-refractivity contribution is 6.36. The number of nitrogens with zero attached hydrogens (tertiary/aromatic N) is 1. The summed E-state index contributed by atoms with van der Waals surface area (Å²) < 4.78 is 11.2. The molecular weight excluding hydrogens is 364 g/mol. The minimum Gasteiger partial charge on any atom is -0.489 e. The summed E-state index contributed by atoms with van der Waals surface area (Å²) in [6.07, 6.45) is -0.645. The number of hydrogen-bond acceptors (Lipinski definition) is 5. The molecule has 0 aliphatic carbocycles. The van der Waals surface area contributed by atoms with Gasteiger partial charge in [-0.2, -0.15) is 0 Å². The van der Waals surface area contributed by atoms with Crippen LogP contribution in [0.1, 0.15) is 26.3 Å². The van der Waals surface area contributed by atoms with E-state index in [1.54, 1.807) is 6.07 Å². The maximum absolute atomic E-state index is 10.1. The molecule has 1 atom stereocenters. The first-order valence-electron chi connectivity index (χ1n) is 8.96. The molecule has 2 aromatic carbocycles. The first-order valence-corrected chi connectivity index (χ1v) is 9.34. The average Bonchev–Trinajstić information content (AvgIpc) is 3.04. The fourth-order valence-corrected chi connectivity index (χ4v) is 3.02. The van der Waals surface area contributed by atoms with Gasteiger partial charge >= 0.3 is 0 Å². The summed E-state index contributed by atoms with van der Waals surface area (Å²) in [6.45, 7) is 8.72. The Labute approximate surface area is 164 Å². The molecule has 0 fully saturated rings. The Bertz CT molecular complexity index is 931. The number of aliphatic hydroxyl groups is 1. The molecule has 2 N–H and O–H groups in total. The van der Waals surface area contributed by atoms with Crippen molar-refractivity contribution in [1.29, 1.82) is 0 Å². The lowest BCUT2D eigenvalue weighted by molar-refractivity contribution is 0.100. The molecule has 6 heteroatoms. The first kappa shape index (κ1) is 19.7. The normalized spacial score (nSPS) is 13.1. The summed E-state index contributed by atoms with van der Waals surface area (Å²) in [7, 11) is 0. The van der Waals surface area contributed by atoms with Crippen LogP contribution in [0.5, 0.6) is 5.75 Å². The van der Waals surface area contributed by atoms with E-state index in [0.717, 1.165) is 22.2 Å². The molecule has 0 spiro atoms. The third kappa shape index (κ3) is 4.61. The number of nitrogens with one attached hydrogen (secondary N) is 1. The number of halogens is 1. The number of aliphatic hydroxyl groups excluding tert-OH is 1. The Morgan fingerprint density at radius 1 is 1.22 bits per heavy atom. The smallest absolute Gasteiger partial charge is 0.189 e. The van der Waals surface area contributed by atoms with E-state index in [1.165, 1.54) is 0 Å². The van der Waals surface area contributed by atoms with Gasteiger partial charge < -0.3 is 19.7 Å². The van der Waals surface area contributed by atoms with Gasteiger partial charge in [-0.05, 0) is 45.4 Å². The van der Waals surface area contributed by atoms with Crippen molar-refractivity contribution in [2.45, 2.75) is 39.3 Å². The van der Waals surface area contributed by atoms with Crippen molar-refractivity contribution in [2.75, 3.05) is 13.2 Å². The molecule has 0 amide bonds. The van der Waals surface area contributed by atoms with E-state index in [2.05, 4.69) is 10.5 Å². The molecule has 0 radical (unpaired) electrons. The Morgan fingerprint density at radius 3 is 2.67 bits per heavy atom. The summed E-state index contributed by atoms with van der Waals surface area (Å²) in [6, 6.07) is 11.7. The number of aryl methyl sites for hydroxylation is 1. The van der Waals surface area contributed by atoms with Crippen molar-refractivity contribution in [3.8, 4) is 17.0 Å². The zero-order valence-electron chi connectivity index (χ0n) is 16.0. The summed E-state index contributed by atoms with van der Waals surface area (Å²) >= 11 is 6.46. The van der Waals surface area contributed by atoms with Crippen LogP contribution >= 0.6 is 11.6 Å². The zero-order valence-corrected chi connectivity index (χ0v) is 16.8. The maximum Gasteiger partial charge on any atom is 0.189 e. The fourth-order valence-electron chi connectivity index (χ4n) is 2.77. The molecule has 0 bridgehead atoms. The maximum atomic E-state index is 10.1. The minimum absolute atomic E-state index is 0.0661. The number of hydrogen-bond donors (Lipinski definition) is 2. The molecule has 0 saturated heterocycles. The Kier molecular flexibility index (Phi) is 5.75. The van der Waals surface area contributed by atoms with Gasteiger partial charge in [0.05, 0.1) is 5.39 Å². The Morgan fingerprint density at radius 2 is 1.96 bits per heavy atom. The van der Waals surface area contributed by atoms with Gasteiger partial charge in [-0.15, -0.1) is 0 Å². The van der Waals surface area contributed by atoms with Crippen molar-refractivity contribution >= 4 is 22.6 Å². The van der Waals surface area contributed by atoms with Crippen molar-refractivity contribution in [3.05, 3.63) is 47.0 Å². The lowest BCUT2D eigenvalue weighted by Crippen LogP contribution is -2.42. The number of rotatable bonds is 6. The minimum atomic E-state index is -0.645. The van der Waals surface area contributed by atoms with Gasteiger partial charge in [0.25, 0.3) is 0 Å². The molecule has 5 nitrogen and oxygen atoms in total. The van der Waals surface area contributed by atoms with Crippen LogP contribution in [-0.2, 0) is 0 Å². The van der Waals surface area contributed by atoms with Gasteiger partial charge in [0.15, 0.2) is 5.58 Å². The third-order valence-electron chi connectivity index (χ3n) is 4.24. The molecule has 1 aromatic heterocycles. The van der Waals surface area contributed by atoms with Crippen LogP contribution < -0.4 is 10.1 Å². The molecule has 3 rings (SSSR count). The number of aromatic nitrogens is 1. The van der Waals surface area contributed by atoms with Crippen LogP contribution in [0.4, 0.5) is 0 Å². The second kappa shape index (κ2) is 7.89. The SMILES string of the molecule is Cc1ccccc1-c1noc2c(Cl)c(OCC(O)CNC(C)(C)C)ccc12. The number of fused-ring (bicyclic) bond motifs is 1. The van der Waals surface area contributed by atoms with E-state index in [9.17, 15) is 5.11 Å². The molecule has 0 saturated carbocycles. The summed E-state index contributed by atoms with van der Waals surface area (Å²) in [4.78, 5) is 0. The van der Waals surface area contributed by atoms with Gasteiger partial charge in [0, 0.05) is 17.6 Å². The van der Waals surface area contributed by atoms with E-state index in [0.29, 0.717) is 22.9 Å². The highest BCUT2D eigenvalue weighted by Gasteiger charge is 2.18. The van der Waals surface area contributed by atoms with E-state index in [-0.39, 0.29) is 12.1 Å². The van der Waals surface area contributed by atoms with Gasteiger partial charge in [-0.25, -0.2) is 0 Å².